The van der Waals surface area contributed by atoms with Crippen molar-refractivity contribution in [2.75, 3.05) is 0 Å². The first-order chi connectivity index (χ1) is 10.3. The predicted molar refractivity (Wildman–Crippen MR) is 87.5 cm³/mol. The Balaban J connectivity index is 2.01. The molecule has 3 aromatic rings. The lowest BCUT2D eigenvalue weighted by atomic mass is 10.0. The number of aromatic nitrogens is 3. The van der Waals surface area contributed by atoms with Crippen LogP contribution in [-0.2, 0) is 19.3 Å². The van der Waals surface area contributed by atoms with Crippen LogP contribution in [0.4, 0.5) is 0 Å². The minimum absolute atomic E-state index is 0.920. The van der Waals surface area contributed by atoms with Gasteiger partial charge < -0.3 is 0 Å². The molecule has 0 atom stereocenters. The van der Waals surface area contributed by atoms with Crippen molar-refractivity contribution < 1.29 is 0 Å². The van der Waals surface area contributed by atoms with Gasteiger partial charge in [0.05, 0.1) is 5.69 Å². The van der Waals surface area contributed by atoms with E-state index in [1.807, 2.05) is 6.20 Å². The van der Waals surface area contributed by atoms with Gasteiger partial charge in [-0.05, 0) is 48.9 Å². The number of benzene rings is 1. The zero-order valence-electron chi connectivity index (χ0n) is 11.9. The first-order valence-electron chi connectivity index (χ1n) is 7.42. The first kappa shape index (κ1) is 13.0. The smallest absolute Gasteiger partial charge is 0.163 e. The van der Waals surface area contributed by atoms with Gasteiger partial charge in [-0.3, -0.25) is 0 Å². The van der Waals surface area contributed by atoms with Gasteiger partial charge in [0, 0.05) is 21.9 Å². The summed E-state index contributed by atoms with van der Waals surface area (Å²) in [6.45, 7) is 2.16. The average molecular weight is 342 g/mol. The molecule has 2 aromatic heterocycles. The summed E-state index contributed by atoms with van der Waals surface area (Å²) in [7, 11) is 0. The lowest BCUT2D eigenvalue weighted by Crippen LogP contribution is -1.99. The van der Waals surface area contributed by atoms with Crippen LogP contribution in [0.5, 0.6) is 0 Å². The van der Waals surface area contributed by atoms with Crippen molar-refractivity contribution in [1.82, 2.24) is 14.6 Å². The second-order valence-electron chi connectivity index (χ2n) is 5.50. The van der Waals surface area contributed by atoms with Crippen molar-refractivity contribution in [3.8, 4) is 11.1 Å². The maximum Gasteiger partial charge on any atom is 0.163 e. The fraction of sp³-hybridized carbons (Fsp3) is 0.294. The van der Waals surface area contributed by atoms with Crippen molar-refractivity contribution in [1.29, 1.82) is 0 Å². The Morgan fingerprint density at radius 2 is 2.00 bits per heavy atom. The van der Waals surface area contributed by atoms with Gasteiger partial charge in [-0.1, -0.05) is 35.0 Å². The van der Waals surface area contributed by atoms with Crippen molar-refractivity contribution in [3.05, 3.63) is 51.9 Å². The van der Waals surface area contributed by atoms with Crippen LogP contribution in [0.15, 0.2) is 34.9 Å². The van der Waals surface area contributed by atoms with E-state index in [9.17, 15) is 0 Å². The molecular weight excluding hydrogens is 326 g/mol. The molecule has 21 heavy (non-hydrogen) atoms. The van der Waals surface area contributed by atoms with Gasteiger partial charge in [0.2, 0.25) is 0 Å². The lowest BCUT2D eigenvalue weighted by molar-refractivity contribution is 0.816. The molecule has 4 heteroatoms. The van der Waals surface area contributed by atoms with E-state index in [1.165, 1.54) is 28.8 Å². The van der Waals surface area contributed by atoms with E-state index in [0.29, 0.717) is 0 Å². The number of halogens is 1. The van der Waals surface area contributed by atoms with Gasteiger partial charge in [-0.15, -0.1) is 0 Å². The molecule has 0 radical (unpaired) electrons. The molecule has 0 amide bonds. The highest BCUT2D eigenvalue weighted by Gasteiger charge is 2.21. The van der Waals surface area contributed by atoms with Gasteiger partial charge in [0.1, 0.15) is 0 Å². The fourth-order valence-corrected chi connectivity index (χ4v) is 3.46. The Labute approximate surface area is 132 Å². The molecule has 0 spiro atoms. The highest BCUT2D eigenvalue weighted by atomic mass is 79.9. The summed E-state index contributed by atoms with van der Waals surface area (Å²) in [6.07, 6.45) is 6.42. The molecule has 0 saturated carbocycles. The molecule has 0 unspecified atom stereocenters. The van der Waals surface area contributed by atoms with Crippen molar-refractivity contribution in [2.24, 2.45) is 0 Å². The molecule has 0 fully saturated rings. The third-order valence-corrected chi connectivity index (χ3v) is 4.76. The molecule has 2 heterocycles. The van der Waals surface area contributed by atoms with Crippen LogP contribution in [-0.4, -0.2) is 14.6 Å². The Morgan fingerprint density at radius 1 is 1.19 bits per heavy atom. The Bertz CT molecular complexity index is 818. The van der Waals surface area contributed by atoms with Gasteiger partial charge in [-0.2, -0.15) is 5.10 Å². The molecule has 4 rings (SSSR count). The van der Waals surface area contributed by atoms with Gasteiger partial charge in [0.25, 0.3) is 0 Å². The molecule has 1 aromatic carbocycles. The number of hydrogen-bond donors (Lipinski definition) is 0. The Kier molecular flexibility index (Phi) is 3.07. The van der Waals surface area contributed by atoms with Crippen LogP contribution < -0.4 is 0 Å². The fourth-order valence-electron chi connectivity index (χ4n) is 3.19. The molecule has 106 valence electrons. The van der Waals surface area contributed by atoms with E-state index < -0.39 is 0 Å². The Morgan fingerprint density at radius 3 is 2.76 bits per heavy atom. The highest BCUT2D eigenvalue weighted by molar-refractivity contribution is 9.10. The second kappa shape index (κ2) is 4.95. The number of fused-ring (bicyclic) bond motifs is 3. The van der Waals surface area contributed by atoms with Crippen LogP contribution in [0.1, 0.15) is 30.3 Å². The highest BCUT2D eigenvalue weighted by Crippen LogP contribution is 2.31. The number of aryl methyl sites for hydroxylation is 3. The van der Waals surface area contributed by atoms with Crippen LogP contribution >= 0.6 is 15.9 Å². The maximum atomic E-state index is 4.84. The van der Waals surface area contributed by atoms with Crippen LogP contribution in [0.25, 0.3) is 16.8 Å². The molecule has 0 N–H and O–H groups in total. The largest absolute Gasteiger partial charge is 0.236 e. The van der Waals surface area contributed by atoms with Crippen LogP contribution in [0.2, 0.25) is 0 Å². The molecule has 0 aliphatic heterocycles. The number of hydrogen-bond acceptors (Lipinski definition) is 2. The zero-order valence-corrected chi connectivity index (χ0v) is 13.5. The number of nitrogens with zero attached hydrogens (tertiary/aromatic N) is 3. The lowest BCUT2D eigenvalue weighted by Gasteiger charge is -2.04. The van der Waals surface area contributed by atoms with E-state index in [0.717, 1.165) is 35.1 Å². The van der Waals surface area contributed by atoms with E-state index in [2.05, 4.69) is 51.6 Å². The van der Waals surface area contributed by atoms with Gasteiger partial charge in [-0.25, -0.2) is 9.50 Å². The summed E-state index contributed by atoms with van der Waals surface area (Å²) < 4.78 is 3.17. The Hall–Kier alpha value is -1.68. The molecule has 1 aliphatic carbocycles. The van der Waals surface area contributed by atoms with E-state index in [1.54, 1.807) is 0 Å². The normalized spacial score (nSPS) is 13.8. The van der Waals surface area contributed by atoms with E-state index in [-0.39, 0.29) is 0 Å². The third kappa shape index (κ3) is 2.01. The topological polar surface area (TPSA) is 30.2 Å². The summed E-state index contributed by atoms with van der Waals surface area (Å²) in [4.78, 5) is 4.71. The minimum Gasteiger partial charge on any atom is -0.236 e. The van der Waals surface area contributed by atoms with Crippen molar-refractivity contribution in [3.63, 3.8) is 0 Å². The van der Waals surface area contributed by atoms with Crippen molar-refractivity contribution >= 4 is 21.6 Å². The summed E-state index contributed by atoms with van der Waals surface area (Å²) in [6, 6.07) is 8.42. The maximum absolute atomic E-state index is 4.84. The molecule has 0 bridgehead atoms. The van der Waals surface area contributed by atoms with E-state index >= 15 is 0 Å². The van der Waals surface area contributed by atoms with Crippen molar-refractivity contribution in [2.45, 2.75) is 32.6 Å². The predicted octanol–water partition coefficient (Wildman–Crippen LogP) is 4.21. The van der Waals surface area contributed by atoms with Gasteiger partial charge >= 0.3 is 0 Å². The third-order valence-electron chi connectivity index (χ3n) is 4.23. The first-order valence-corrected chi connectivity index (χ1v) is 8.21. The summed E-state index contributed by atoms with van der Waals surface area (Å²) in [5.74, 6) is 0. The zero-order chi connectivity index (χ0) is 14.4. The average Bonchev–Trinajstić information content (AvgIpc) is 3.11. The summed E-state index contributed by atoms with van der Waals surface area (Å²) >= 11 is 3.50. The van der Waals surface area contributed by atoms with E-state index in [4.69, 9.17) is 10.1 Å². The molecular formula is C17H16BrN3. The van der Waals surface area contributed by atoms with Crippen LogP contribution in [0.3, 0.4) is 0 Å². The minimum atomic E-state index is 0.920. The summed E-state index contributed by atoms with van der Waals surface area (Å²) in [5, 5.41) is 4.84. The van der Waals surface area contributed by atoms with Gasteiger partial charge in [0.15, 0.2) is 5.65 Å². The SMILES string of the molecule is CCc1nn2c3c(cnc2c1-c1ccc(Br)cc1)CCC3. The second-order valence-corrected chi connectivity index (χ2v) is 6.42. The van der Waals surface area contributed by atoms with Crippen LogP contribution in [0, 0.1) is 0 Å². The monoisotopic (exact) mass is 341 g/mol. The molecule has 1 aliphatic rings. The molecule has 0 saturated heterocycles. The summed E-state index contributed by atoms with van der Waals surface area (Å²) in [5.41, 5.74) is 7.20. The standard InChI is InChI=1S/C17H16BrN3/c1-2-14-16(11-6-8-13(18)9-7-11)17-19-10-12-4-3-5-15(12)21(17)20-14/h6-10H,2-5H2,1H3. The molecule has 3 nitrogen and oxygen atoms in total. The number of rotatable bonds is 2. The quantitative estimate of drug-likeness (QED) is 0.698.